The Morgan fingerprint density at radius 2 is 2.10 bits per heavy atom. The molecule has 110 valence electrons. The molecule has 1 aliphatic carbocycles. The van der Waals surface area contributed by atoms with Crippen LogP contribution in [0.25, 0.3) is 0 Å². The maximum Gasteiger partial charge on any atom is 0.166 e. The van der Waals surface area contributed by atoms with E-state index < -0.39 is 0 Å². The van der Waals surface area contributed by atoms with E-state index in [-0.39, 0.29) is 11.7 Å². The van der Waals surface area contributed by atoms with E-state index in [1.807, 2.05) is 32.3 Å². The van der Waals surface area contributed by atoms with Gasteiger partial charge in [-0.15, -0.1) is 0 Å². The molecular formula is C19H23NO. The average molecular weight is 281 g/mol. The minimum Gasteiger partial charge on any atom is -0.353 e. The van der Waals surface area contributed by atoms with Gasteiger partial charge in [-0.3, -0.25) is 4.79 Å². The number of carbonyl (C=O) groups excluding carboxylic acids is 1. The molecule has 0 saturated heterocycles. The standard InChI is InChI=1S/C19H23NO/c1-14(2)19(21)17-10-11-20(13-17)12-16-8-5-7-15-6-3-4-9-18(15)16/h3-4,6,9-11,13-14,16H,5,7-8,12H2,1-2H3. The highest BCUT2D eigenvalue weighted by Crippen LogP contribution is 2.32. The van der Waals surface area contributed by atoms with Gasteiger partial charge in [-0.25, -0.2) is 0 Å². The van der Waals surface area contributed by atoms with Crippen LogP contribution in [0.15, 0.2) is 42.7 Å². The predicted octanol–water partition coefficient (Wildman–Crippen LogP) is 4.45. The highest BCUT2D eigenvalue weighted by atomic mass is 16.1. The van der Waals surface area contributed by atoms with Gasteiger partial charge in [0, 0.05) is 36.3 Å². The van der Waals surface area contributed by atoms with E-state index in [1.54, 1.807) is 0 Å². The second kappa shape index (κ2) is 5.88. The molecule has 2 nitrogen and oxygen atoms in total. The first kappa shape index (κ1) is 14.1. The van der Waals surface area contributed by atoms with Crippen molar-refractivity contribution in [1.82, 2.24) is 4.57 Å². The van der Waals surface area contributed by atoms with Crippen LogP contribution in [0, 0.1) is 5.92 Å². The van der Waals surface area contributed by atoms with Crippen molar-refractivity contribution >= 4 is 5.78 Å². The van der Waals surface area contributed by atoms with Crippen LogP contribution in [0.5, 0.6) is 0 Å². The molecule has 1 unspecified atom stereocenters. The van der Waals surface area contributed by atoms with Crippen molar-refractivity contribution in [2.24, 2.45) is 5.92 Å². The Morgan fingerprint density at radius 3 is 2.90 bits per heavy atom. The van der Waals surface area contributed by atoms with Crippen molar-refractivity contribution in [2.45, 2.75) is 45.6 Å². The fraction of sp³-hybridized carbons (Fsp3) is 0.421. The van der Waals surface area contributed by atoms with E-state index in [0.717, 1.165) is 12.1 Å². The second-order valence-electron chi connectivity index (χ2n) is 6.40. The summed E-state index contributed by atoms with van der Waals surface area (Å²) < 4.78 is 2.18. The van der Waals surface area contributed by atoms with Crippen LogP contribution < -0.4 is 0 Å². The number of Topliss-reactive ketones (excluding diaryl/α,β-unsaturated/α-hetero) is 1. The first-order chi connectivity index (χ1) is 10.1. The van der Waals surface area contributed by atoms with Crippen molar-refractivity contribution in [3.63, 3.8) is 0 Å². The van der Waals surface area contributed by atoms with Gasteiger partial charge in [0.15, 0.2) is 5.78 Å². The number of aromatic nitrogens is 1. The Balaban J connectivity index is 1.78. The zero-order chi connectivity index (χ0) is 14.8. The minimum absolute atomic E-state index is 0.0660. The monoisotopic (exact) mass is 281 g/mol. The number of benzene rings is 1. The highest BCUT2D eigenvalue weighted by molar-refractivity contribution is 5.97. The van der Waals surface area contributed by atoms with Gasteiger partial charge < -0.3 is 4.57 Å². The summed E-state index contributed by atoms with van der Waals surface area (Å²) in [6, 6.07) is 10.8. The third kappa shape index (κ3) is 2.94. The molecular weight excluding hydrogens is 258 g/mol. The van der Waals surface area contributed by atoms with Crippen molar-refractivity contribution in [3.8, 4) is 0 Å². The Bertz CT molecular complexity index is 639. The molecule has 0 saturated carbocycles. The van der Waals surface area contributed by atoms with Gasteiger partial charge in [0.1, 0.15) is 0 Å². The van der Waals surface area contributed by atoms with E-state index in [4.69, 9.17) is 0 Å². The second-order valence-corrected chi connectivity index (χ2v) is 6.40. The molecule has 0 N–H and O–H groups in total. The zero-order valence-corrected chi connectivity index (χ0v) is 12.9. The summed E-state index contributed by atoms with van der Waals surface area (Å²) in [6.07, 6.45) is 7.77. The van der Waals surface area contributed by atoms with E-state index >= 15 is 0 Å². The first-order valence-electron chi connectivity index (χ1n) is 7.93. The predicted molar refractivity (Wildman–Crippen MR) is 85.7 cm³/mol. The van der Waals surface area contributed by atoms with E-state index in [9.17, 15) is 4.79 Å². The Hall–Kier alpha value is -1.83. The molecule has 1 heterocycles. The van der Waals surface area contributed by atoms with Gasteiger partial charge in [0.2, 0.25) is 0 Å². The van der Waals surface area contributed by atoms with Crippen LogP contribution in [0.4, 0.5) is 0 Å². The number of aryl methyl sites for hydroxylation is 1. The molecule has 2 heteroatoms. The third-order valence-corrected chi connectivity index (χ3v) is 4.48. The van der Waals surface area contributed by atoms with Crippen molar-refractivity contribution < 1.29 is 4.79 Å². The summed E-state index contributed by atoms with van der Waals surface area (Å²) in [5.41, 5.74) is 3.84. The normalized spacial score (nSPS) is 17.8. The lowest BCUT2D eigenvalue weighted by atomic mass is 9.83. The lowest BCUT2D eigenvalue weighted by Crippen LogP contribution is -2.15. The smallest absolute Gasteiger partial charge is 0.166 e. The number of fused-ring (bicyclic) bond motifs is 1. The molecule has 0 spiro atoms. The average Bonchev–Trinajstić information content (AvgIpc) is 2.95. The zero-order valence-electron chi connectivity index (χ0n) is 12.9. The van der Waals surface area contributed by atoms with Crippen LogP contribution in [0.1, 0.15) is 54.1 Å². The van der Waals surface area contributed by atoms with Crippen LogP contribution in [-0.4, -0.2) is 10.4 Å². The molecule has 0 fully saturated rings. The van der Waals surface area contributed by atoms with Crippen LogP contribution in [0.3, 0.4) is 0 Å². The third-order valence-electron chi connectivity index (χ3n) is 4.48. The molecule has 1 aromatic heterocycles. The summed E-state index contributed by atoms with van der Waals surface area (Å²) >= 11 is 0. The Kier molecular flexibility index (Phi) is 3.96. The maximum atomic E-state index is 12.0. The van der Waals surface area contributed by atoms with E-state index in [0.29, 0.717) is 5.92 Å². The number of ketones is 1. The van der Waals surface area contributed by atoms with E-state index in [2.05, 4.69) is 28.8 Å². The molecule has 1 aromatic carbocycles. The molecule has 0 radical (unpaired) electrons. The van der Waals surface area contributed by atoms with Crippen LogP contribution in [0.2, 0.25) is 0 Å². The first-order valence-corrected chi connectivity index (χ1v) is 7.93. The molecule has 3 rings (SSSR count). The fourth-order valence-electron chi connectivity index (χ4n) is 3.33. The number of hydrogen-bond donors (Lipinski definition) is 0. The number of rotatable bonds is 4. The van der Waals surface area contributed by atoms with Gasteiger partial charge in [-0.2, -0.15) is 0 Å². The highest BCUT2D eigenvalue weighted by Gasteiger charge is 2.20. The summed E-state index contributed by atoms with van der Waals surface area (Å²) in [7, 11) is 0. The van der Waals surface area contributed by atoms with Crippen LogP contribution in [-0.2, 0) is 13.0 Å². The topological polar surface area (TPSA) is 22.0 Å². The van der Waals surface area contributed by atoms with Gasteiger partial charge in [-0.1, -0.05) is 38.1 Å². The molecule has 0 aliphatic heterocycles. The van der Waals surface area contributed by atoms with Crippen LogP contribution >= 0.6 is 0 Å². The maximum absolute atomic E-state index is 12.0. The summed E-state index contributed by atoms with van der Waals surface area (Å²) in [5.74, 6) is 0.874. The number of hydrogen-bond acceptors (Lipinski definition) is 1. The SMILES string of the molecule is CC(C)C(=O)c1ccn(CC2CCCc3ccccc32)c1. The van der Waals surface area contributed by atoms with Crippen molar-refractivity contribution in [2.75, 3.05) is 0 Å². The largest absolute Gasteiger partial charge is 0.353 e. The molecule has 0 bridgehead atoms. The van der Waals surface area contributed by atoms with E-state index in [1.165, 1.54) is 30.4 Å². The molecule has 21 heavy (non-hydrogen) atoms. The lowest BCUT2D eigenvalue weighted by Gasteiger charge is -2.25. The fourth-order valence-corrected chi connectivity index (χ4v) is 3.33. The Labute approximate surface area is 126 Å². The summed E-state index contributed by atoms with van der Waals surface area (Å²) in [6.45, 7) is 4.89. The molecule has 1 aliphatic rings. The number of carbonyl (C=O) groups is 1. The molecule has 1 atom stereocenters. The Morgan fingerprint density at radius 1 is 1.29 bits per heavy atom. The quantitative estimate of drug-likeness (QED) is 0.759. The van der Waals surface area contributed by atoms with Crippen molar-refractivity contribution in [3.05, 3.63) is 59.4 Å². The van der Waals surface area contributed by atoms with Crippen molar-refractivity contribution in [1.29, 1.82) is 0 Å². The van der Waals surface area contributed by atoms with Gasteiger partial charge in [0.05, 0.1) is 0 Å². The van der Waals surface area contributed by atoms with Gasteiger partial charge >= 0.3 is 0 Å². The molecule has 2 aromatic rings. The lowest BCUT2D eigenvalue weighted by molar-refractivity contribution is 0.0939. The summed E-state index contributed by atoms with van der Waals surface area (Å²) in [5, 5.41) is 0. The number of nitrogens with zero attached hydrogens (tertiary/aromatic N) is 1. The van der Waals surface area contributed by atoms with Gasteiger partial charge in [-0.05, 0) is 36.5 Å². The summed E-state index contributed by atoms with van der Waals surface area (Å²) in [4.78, 5) is 12.0. The van der Waals surface area contributed by atoms with Gasteiger partial charge in [0.25, 0.3) is 0 Å². The minimum atomic E-state index is 0.0660. The molecule has 0 amide bonds.